The molecular formula is C27H28N6OS. The number of anilines is 2. The molecule has 178 valence electrons. The number of carbonyl (C=O) groups excluding carboxylic acids is 1. The van der Waals surface area contributed by atoms with Crippen molar-refractivity contribution in [3.05, 3.63) is 87.5 Å². The van der Waals surface area contributed by atoms with Crippen molar-refractivity contribution >= 4 is 28.9 Å². The molecule has 0 radical (unpaired) electrons. The lowest BCUT2D eigenvalue weighted by atomic mass is 9.87. The number of allylic oxidation sites excluding steroid dienone is 1. The zero-order valence-electron chi connectivity index (χ0n) is 20.5. The van der Waals surface area contributed by atoms with Crippen LogP contribution in [0.4, 0.5) is 11.6 Å². The lowest BCUT2D eigenvalue weighted by Crippen LogP contribution is -2.31. The van der Waals surface area contributed by atoms with Gasteiger partial charge in [0.2, 0.25) is 5.95 Å². The summed E-state index contributed by atoms with van der Waals surface area (Å²) in [5, 5.41) is 13.2. The number of carbonyl (C=O) groups is 1. The van der Waals surface area contributed by atoms with Crippen molar-refractivity contribution < 1.29 is 4.79 Å². The fourth-order valence-electron chi connectivity index (χ4n) is 4.23. The van der Waals surface area contributed by atoms with Gasteiger partial charge in [-0.05, 0) is 54.0 Å². The van der Waals surface area contributed by atoms with Crippen LogP contribution in [0.25, 0.3) is 11.4 Å². The van der Waals surface area contributed by atoms with Gasteiger partial charge in [-0.2, -0.15) is 4.98 Å². The van der Waals surface area contributed by atoms with Crippen molar-refractivity contribution in [1.29, 1.82) is 0 Å². The summed E-state index contributed by atoms with van der Waals surface area (Å²) >= 11 is 1.62. The van der Waals surface area contributed by atoms with Gasteiger partial charge in [0, 0.05) is 22.3 Å². The average Bonchev–Trinajstić information content (AvgIpc) is 3.44. The van der Waals surface area contributed by atoms with E-state index in [1.54, 1.807) is 29.8 Å². The SMILES string of the molecule is CC1=C(C(=O)Nc2cccnc2)C(c2sccc2C)n2nc(-c3ccc(C(C)(C)C)cc3)nc2N1. The molecule has 0 spiro atoms. The van der Waals surface area contributed by atoms with Gasteiger partial charge in [0.15, 0.2) is 5.82 Å². The van der Waals surface area contributed by atoms with Crippen LogP contribution in [-0.4, -0.2) is 25.7 Å². The molecule has 0 bridgehead atoms. The van der Waals surface area contributed by atoms with Crippen molar-refractivity contribution in [3.63, 3.8) is 0 Å². The Morgan fingerprint density at radius 3 is 2.51 bits per heavy atom. The molecule has 3 aromatic heterocycles. The molecule has 1 aliphatic heterocycles. The highest BCUT2D eigenvalue weighted by Crippen LogP contribution is 2.40. The molecule has 0 fully saturated rings. The van der Waals surface area contributed by atoms with Crippen LogP contribution in [-0.2, 0) is 10.2 Å². The Hall–Kier alpha value is -3.78. The molecule has 1 aromatic carbocycles. The minimum absolute atomic E-state index is 0.0698. The molecule has 35 heavy (non-hydrogen) atoms. The third-order valence-electron chi connectivity index (χ3n) is 6.18. The summed E-state index contributed by atoms with van der Waals surface area (Å²) in [4.78, 5) is 23.5. The Morgan fingerprint density at radius 2 is 1.89 bits per heavy atom. The number of nitrogens with one attached hydrogen (secondary N) is 2. The van der Waals surface area contributed by atoms with Crippen molar-refractivity contribution in [2.45, 2.75) is 46.1 Å². The van der Waals surface area contributed by atoms with Crippen LogP contribution in [0.5, 0.6) is 0 Å². The third-order valence-corrected chi connectivity index (χ3v) is 7.25. The van der Waals surface area contributed by atoms with Crippen LogP contribution >= 0.6 is 11.3 Å². The maximum absolute atomic E-state index is 13.5. The summed E-state index contributed by atoms with van der Waals surface area (Å²) in [6.45, 7) is 10.5. The molecule has 1 amide bonds. The molecule has 2 N–H and O–H groups in total. The first kappa shape index (κ1) is 23.0. The lowest BCUT2D eigenvalue weighted by Gasteiger charge is -2.28. The summed E-state index contributed by atoms with van der Waals surface area (Å²) in [6.07, 6.45) is 3.31. The third kappa shape index (κ3) is 4.37. The maximum atomic E-state index is 13.5. The summed E-state index contributed by atoms with van der Waals surface area (Å²) in [7, 11) is 0. The van der Waals surface area contributed by atoms with Crippen LogP contribution in [0.3, 0.4) is 0 Å². The minimum Gasteiger partial charge on any atom is -0.328 e. The molecule has 1 atom stereocenters. The summed E-state index contributed by atoms with van der Waals surface area (Å²) in [6, 6.07) is 13.7. The number of nitrogens with zero attached hydrogens (tertiary/aromatic N) is 4. The Bertz CT molecular complexity index is 1410. The maximum Gasteiger partial charge on any atom is 0.255 e. The number of pyridine rings is 1. The molecular weight excluding hydrogens is 456 g/mol. The normalized spacial score (nSPS) is 15.5. The van der Waals surface area contributed by atoms with Gasteiger partial charge in [0.1, 0.15) is 6.04 Å². The Balaban J connectivity index is 1.56. The molecule has 7 nitrogen and oxygen atoms in total. The Kier molecular flexibility index (Phi) is 5.76. The predicted octanol–water partition coefficient (Wildman–Crippen LogP) is 5.94. The topological polar surface area (TPSA) is 84.7 Å². The highest BCUT2D eigenvalue weighted by atomic mass is 32.1. The second kappa shape index (κ2) is 8.78. The van der Waals surface area contributed by atoms with Gasteiger partial charge in [-0.3, -0.25) is 9.78 Å². The van der Waals surface area contributed by atoms with Crippen LogP contribution in [0.1, 0.15) is 49.7 Å². The zero-order valence-corrected chi connectivity index (χ0v) is 21.3. The smallest absolute Gasteiger partial charge is 0.255 e. The molecule has 0 aliphatic carbocycles. The second-order valence-corrected chi connectivity index (χ2v) is 10.7. The first-order valence-electron chi connectivity index (χ1n) is 11.5. The molecule has 1 aliphatic rings. The number of hydrogen-bond donors (Lipinski definition) is 2. The number of aryl methyl sites for hydroxylation is 1. The number of thiophene rings is 1. The molecule has 4 heterocycles. The lowest BCUT2D eigenvalue weighted by molar-refractivity contribution is -0.113. The van der Waals surface area contributed by atoms with Crippen molar-refractivity contribution in [1.82, 2.24) is 19.7 Å². The number of benzene rings is 1. The van der Waals surface area contributed by atoms with Crippen LogP contribution < -0.4 is 10.6 Å². The van der Waals surface area contributed by atoms with Crippen LogP contribution in [0.2, 0.25) is 0 Å². The van der Waals surface area contributed by atoms with Gasteiger partial charge in [-0.15, -0.1) is 16.4 Å². The molecule has 1 unspecified atom stereocenters. The minimum atomic E-state index is -0.391. The van der Waals surface area contributed by atoms with E-state index in [-0.39, 0.29) is 11.3 Å². The van der Waals surface area contributed by atoms with E-state index >= 15 is 0 Å². The van der Waals surface area contributed by atoms with E-state index in [9.17, 15) is 4.79 Å². The van der Waals surface area contributed by atoms with E-state index in [2.05, 4.69) is 73.6 Å². The van der Waals surface area contributed by atoms with E-state index in [0.29, 0.717) is 23.0 Å². The average molecular weight is 485 g/mol. The highest BCUT2D eigenvalue weighted by Gasteiger charge is 2.36. The fourth-order valence-corrected chi connectivity index (χ4v) is 5.25. The molecule has 0 saturated carbocycles. The number of fused-ring (bicyclic) bond motifs is 1. The number of aromatic nitrogens is 4. The highest BCUT2D eigenvalue weighted by molar-refractivity contribution is 7.10. The first-order chi connectivity index (χ1) is 16.7. The largest absolute Gasteiger partial charge is 0.328 e. The van der Waals surface area contributed by atoms with Gasteiger partial charge < -0.3 is 10.6 Å². The molecule has 0 saturated heterocycles. The number of hydrogen-bond acceptors (Lipinski definition) is 6. The molecule has 5 rings (SSSR count). The van der Waals surface area contributed by atoms with Crippen LogP contribution in [0, 0.1) is 6.92 Å². The monoisotopic (exact) mass is 484 g/mol. The van der Waals surface area contributed by atoms with Gasteiger partial charge >= 0.3 is 0 Å². The van der Waals surface area contributed by atoms with Gasteiger partial charge in [-0.25, -0.2) is 4.68 Å². The quantitative estimate of drug-likeness (QED) is 0.375. The van der Waals surface area contributed by atoms with Gasteiger partial charge in [0.25, 0.3) is 5.91 Å². The molecule has 4 aromatic rings. The van der Waals surface area contributed by atoms with Crippen molar-refractivity contribution in [2.24, 2.45) is 0 Å². The standard InChI is InChI=1S/C27H28N6OS/c1-16-12-14-35-23(16)22-21(25(34)30-20-7-6-13-28-15-20)17(2)29-26-31-24(32-33(22)26)18-8-10-19(11-9-18)27(3,4)5/h6-15,22H,1-5H3,(H,30,34)(H,29,31,32). The van der Waals surface area contributed by atoms with E-state index in [1.165, 1.54) is 5.56 Å². The summed E-state index contributed by atoms with van der Waals surface area (Å²) < 4.78 is 1.83. The van der Waals surface area contributed by atoms with E-state index in [1.807, 2.05) is 23.1 Å². The van der Waals surface area contributed by atoms with E-state index < -0.39 is 6.04 Å². The zero-order chi connectivity index (χ0) is 24.7. The summed E-state index contributed by atoms with van der Waals surface area (Å²) in [5.41, 5.74) is 5.36. The van der Waals surface area contributed by atoms with Crippen LogP contribution in [0.15, 0.2) is 71.5 Å². The second-order valence-electron chi connectivity index (χ2n) is 9.76. The Morgan fingerprint density at radius 1 is 1.11 bits per heavy atom. The van der Waals surface area contributed by atoms with E-state index in [0.717, 1.165) is 21.7 Å². The van der Waals surface area contributed by atoms with Crippen molar-refractivity contribution in [2.75, 3.05) is 10.6 Å². The van der Waals surface area contributed by atoms with Gasteiger partial charge in [0.05, 0.1) is 17.5 Å². The number of amides is 1. The number of rotatable bonds is 4. The van der Waals surface area contributed by atoms with E-state index in [4.69, 9.17) is 10.1 Å². The summed E-state index contributed by atoms with van der Waals surface area (Å²) in [5.74, 6) is 1.04. The Labute approximate surface area is 209 Å². The molecule has 8 heteroatoms. The van der Waals surface area contributed by atoms with Gasteiger partial charge in [-0.1, -0.05) is 45.0 Å². The van der Waals surface area contributed by atoms with Crippen molar-refractivity contribution in [3.8, 4) is 11.4 Å². The first-order valence-corrected chi connectivity index (χ1v) is 12.4. The fraction of sp³-hybridized carbons (Fsp3) is 0.259. The predicted molar refractivity (Wildman–Crippen MR) is 141 cm³/mol.